The van der Waals surface area contributed by atoms with Crippen LogP contribution in [0, 0.1) is 0 Å². The molecular weight excluding hydrogens is 925 g/mol. The Hall–Kier alpha value is -3.41. The van der Waals surface area contributed by atoms with E-state index in [4.69, 9.17) is 14.2 Å². The number of allylic oxidation sites excluding steroid dienone is 14. The Morgan fingerprint density at radius 3 is 0.813 bits per heavy atom. The van der Waals surface area contributed by atoms with Crippen molar-refractivity contribution >= 4 is 17.9 Å². The number of carbonyl (C=O) groups excluding carboxylic acids is 3. The van der Waals surface area contributed by atoms with E-state index in [1.165, 1.54) is 173 Å². The minimum atomic E-state index is -0.775. The Balaban J connectivity index is 4.04. The smallest absolute Gasteiger partial charge is 0.306 e. The topological polar surface area (TPSA) is 78.9 Å². The van der Waals surface area contributed by atoms with E-state index in [0.29, 0.717) is 19.3 Å². The molecule has 0 aliphatic heterocycles. The van der Waals surface area contributed by atoms with Gasteiger partial charge in [0, 0.05) is 19.3 Å². The second-order valence-electron chi connectivity index (χ2n) is 21.3. The van der Waals surface area contributed by atoms with Crippen LogP contribution in [0.1, 0.15) is 316 Å². The third-order valence-corrected chi connectivity index (χ3v) is 13.9. The lowest BCUT2D eigenvalue weighted by molar-refractivity contribution is -0.167. The van der Waals surface area contributed by atoms with E-state index in [2.05, 4.69) is 106 Å². The van der Waals surface area contributed by atoms with Crippen molar-refractivity contribution in [2.75, 3.05) is 13.2 Å². The largest absolute Gasteiger partial charge is 0.462 e. The minimum absolute atomic E-state index is 0.0763. The molecule has 0 spiro atoms. The first-order valence-electron chi connectivity index (χ1n) is 32.1. The van der Waals surface area contributed by atoms with Crippen LogP contribution in [0.5, 0.6) is 0 Å². The molecule has 75 heavy (non-hydrogen) atoms. The summed E-state index contributed by atoms with van der Waals surface area (Å²) in [6, 6.07) is 0. The Labute approximate surface area is 465 Å². The van der Waals surface area contributed by atoms with Gasteiger partial charge in [0.2, 0.25) is 0 Å². The SMILES string of the molecule is CC/C=C\C/C=C\C/C=C\C/C=C\CCCCCCCCCCCCCCC(=O)OC(COC(=O)CCCCCCC)COC(=O)CCCCCCCCCCCCCC/C=C\C/C=C\C/C=C\CCCCCCC. The van der Waals surface area contributed by atoms with Crippen molar-refractivity contribution in [3.8, 4) is 0 Å². The Bertz CT molecular complexity index is 1430. The summed E-state index contributed by atoms with van der Waals surface area (Å²) >= 11 is 0. The molecule has 0 amide bonds. The van der Waals surface area contributed by atoms with Crippen LogP contribution in [0.3, 0.4) is 0 Å². The number of carbonyl (C=O) groups is 3. The molecule has 0 saturated carbocycles. The molecule has 0 rings (SSSR count). The molecule has 6 heteroatoms. The van der Waals surface area contributed by atoms with E-state index < -0.39 is 6.10 Å². The minimum Gasteiger partial charge on any atom is -0.462 e. The van der Waals surface area contributed by atoms with E-state index in [1.54, 1.807) is 0 Å². The Kier molecular flexibility index (Phi) is 60.3. The van der Waals surface area contributed by atoms with Crippen molar-refractivity contribution in [2.24, 2.45) is 0 Å². The monoisotopic (exact) mass is 1040 g/mol. The van der Waals surface area contributed by atoms with Crippen molar-refractivity contribution in [2.45, 2.75) is 322 Å². The molecule has 0 aliphatic carbocycles. The quantitative estimate of drug-likeness (QED) is 0.0261. The van der Waals surface area contributed by atoms with Gasteiger partial charge in [-0.2, -0.15) is 0 Å². The van der Waals surface area contributed by atoms with Gasteiger partial charge in [-0.05, 0) is 96.3 Å². The molecule has 0 aromatic rings. The van der Waals surface area contributed by atoms with Gasteiger partial charge >= 0.3 is 17.9 Å². The molecule has 432 valence electrons. The van der Waals surface area contributed by atoms with E-state index >= 15 is 0 Å². The van der Waals surface area contributed by atoms with Crippen LogP contribution < -0.4 is 0 Å². The first-order chi connectivity index (χ1) is 37.0. The van der Waals surface area contributed by atoms with Gasteiger partial charge in [0.15, 0.2) is 6.10 Å². The van der Waals surface area contributed by atoms with E-state index in [9.17, 15) is 14.4 Å². The molecule has 0 N–H and O–H groups in total. The van der Waals surface area contributed by atoms with E-state index in [1.807, 2.05) is 0 Å². The predicted molar refractivity (Wildman–Crippen MR) is 325 cm³/mol. The van der Waals surface area contributed by atoms with Crippen molar-refractivity contribution in [3.05, 3.63) is 85.1 Å². The van der Waals surface area contributed by atoms with Gasteiger partial charge in [0.05, 0.1) is 0 Å². The highest BCUT2D eigenvalue weighted by Crippen LogP contribution is 2.16. The van der Waals surface area contributed by atoms with Crippen LogP contribution in [-0.2, 0) is 28.6 Å². The molecule has 6 nitrogen and oxygen atoms in total. The molecule has 0 bridgehead atoms. The van der Waals surface area contributed by atoms with Crippen LogP contribution in [0.25, 0.3) is 0 Å². The number of hydrogen-bond donors (Lipinski definition) is 0. The van der Waals surface area contributed by atoms with Gasteiger partial charge in [-0.3, -0.25) is 14.4 Å². The second kappa shape index (κ2) is 63.1. The second-order valence-corrected chi connectivity index (χ2v) is 21.3. The Morgan fingerprint density at radius 1 is 0.280 bits per heavy atom. The van der Waals surface area contributed by atoms with E-state index in [-0.39, 0.29) is 31.1 Å². The number of hydrogen-bond acceptors (Lipinski definition) is 6. The van der Waals surface area contributed by atoms with E-state index in [0.717, 1.165) is 103 Å². The highest BCUT2D eigenvalue weighted by atomic mass is 16.6. The fourth-order valence-electron chi connectivity index (χ4n) is 9.09. The normalized spacial score (nSPS) is 12.6. The van der Waals surface area contributed by atoms with Crippen molar-refractivity contribution in [3.63, 3.8) is 0 Å². The summed E-state index contributed by atoms with van der Waals surface area (Å²) in [4.78, 5) is 37.9. The number of ether oxygens (including phenoxy) is 3. The maximum atomic E-state index is 12.8. The molecule has 0 aliphatic rings. The zero-order chi connectivity index (χ0) is 54.3. The van der Waals surface area contributed by atoms with Gasteiger partial charge in [-0.1, -0.05) is 286 Å². The van der Waals surface area contributed by atoms with Crippen LogP contribution in [0.15, 0.2) is 85.1 Å². The molecule has 0 fully saturated rings. The van der Waals surface area contributed by atoms with Crippen LogP contribution in [0.2, 0.25) is 0 Å². The summed E-state index contributed by atoms with van der Waals surface area (Å²) < 4.78 is 16.8. The van der Waals surface area contributed by atoms with Crippen molar-refractivity contribution < 1.29 is 28.6 Å². The molecular formula is C69H120O6. The summed E-state index contributed by atoms with van der Waals surface area (Å²) in [5.74, 6) is -0.884. The number of unbranched alkanes of at least 4 members (excludes halogenated alkanes) is 33. The molecule has 1 atom stereocenters. The van der Waals surface area contributed by atoms with Gasteiger partial charge in [0.1, 0.15) is 13.2 Å². The highest BCUT2D eigenvalue weighted by Gasteiger charge is 2.19. The predicted octanol–water partition coefficient (Wildman–Crippen LogP) is 21.9. The molecule has 0 heterocycles. The molecule has 1 unspecified atom stereocenters. The summed E-state index contributed by atoms with van der Waals surface area (Å²) in [5, 5.41) is 0. The van der Waals surface area contributed by atoms with Gasteiger partial charge in [-0.25, -0.2) is 0 Å². The highest BCUT2D eigenvalue weighted by molar-refractivity contribution is 5.71. The van der Waals surface area contributed by atoms with Crippen molar-refractivity contribution in [1.29, 1.82) is 0 Å². The fraction of sp³-hybridized carbons (Fsp3) is 0.754. The summed E-state index contributed by atoms with van der Waals surface area (Å²) in [5.41, 5.74) is 0. The summed E-state index contributed by atoms with van der Waals surface area (Å²) in [7, 11) is 0. The molecule has 0 saturated heterocycles. The third-order valence-electron chi connectivity index (χ3n) is 13.9. The zero-order valence-electron chi connectivity index (χ0n) is 49.6. The van der Waals surface area contributed by atoms with Crippen molar-refractivity contribution in [1.82, 2.24) is 0 Å². The van der Waals surface area contributed by atoms with Gasteiger partial charge in [0.25, 0.3) is 0 Å². The first-order valence-corrected chi connectivity index (χ1v) is 32.1. The van der Waals surface area contributed by atoms with Crippen LogP contribution >= 0.6 is 0 Å². The Morgan fingerprint density at radius 2 is 0.520 bits per heavy atom. The maximum Gasteiger partial charge on any atom is 0.306 e. The third kappa shape index (κ3) is 61.3. The maximum absolute atomic E-state index is 12.8. The fourth-order valence-corrected chi connectivity index (χ4v) is 9.09. The zero-order valence-corrected chi connectivity index (χ0v) is 49.6. The lowest BCUT2D eigenvalue weighted by Gasteiger charge is -2.18. The average molecular weight is 1050 g/mol. The lowest BCUT2D eigenvalue weighted by atomic mass is 10.0. The molecule has 0 aromatic heterocycles. The molecule has 0 radical (unpaired) electrons. The lowest BCUT2D eigenvalue weighted by Crippen LogP contribution is -2.30. The molecule has 0 aromatic carbocycles. The first kappa shape index (κ1) is 71.6. The summed E-state index contributed by atoms with van der Waals surface area (Å²) in [6.07, 6.45) is 83.5. The van der Waals surface area contributed by atoms with Gasteiger partial charge < -0.3 is 14.2 Å². The number of rotatable bonds is 58. The van der Waals surface area contributed by atoms with Crippen LogP contribution in [-0.4, -0.2) is 37.2 Å². The summed E-state index contributed by atoms with van der Waals surface area (Å²) in [6.45, 7) is 6.46. The number of esters is 3. The standard InChI is InChI=1S/C69H120O6/c1-4-7-10-13-15-17-19-21-23-25-27-29-31-33-34-36-37-39-41-43-45-47-49-51-53-56-59-62-68(71)74-65-66(64-73-67(70)61-58-55-12-9-6-3)75-69(72)63-60-57-54-52-50-48-46-44-42-40-38-35-32-30-28-26-24-22-20-18-16-14-11-8-5-2/h8,11,16,18-19,21-22,24-25,27-28,30-31,33,66H,4-7,9-10,12-15,17,20,23,26,29,32,34-65H2,1-3H3/b11-8-,18-16-,21-19-,24-22-,27-25-,30-28-,33-31-. The average Bonchev–Trinajstić information content (AvgIpc) is 3.41. The van der Waals surface area contributed by atoms with Gasteiger partial charge in [-0.15, -0.1) is 0 Å². The van der Waals surface area contributed by atoms with Crippen LogP contribution in [0.4, 0.5) is 0 Å².